The van der Waals surface area contributed by atoms with Crippen LogP contribution in [0.1, 0.15) is 18.9 Å². The summed E-state index contributed by atoms with van der Waals surface area (Å²) in [4.78, 5) is 8.29. The van der Waals surface area contributed by atoms with Gasteiger partial charge in [-0.25, -0.2) is 9.97 Å². The van der Waals surface area contributed by atoms with E-state index in [1.807, 2.05) is 31.2 Å². The minimum atomic E-state index is 0.505. The summed E-state index contributed by atoms with van der Waals surface area (Å²) < 4.78 is 5.73. The molecule has 4 heteroatoms. The van der Waals surface area contributed by atoms with Crippen molar-refractivity contribution in [3.05, 3.63) is 36.2 Å². The first-order valence-corrected chi connectivity index (χ1v) is 6.03. The van der Waals surface area contributed by atoms with E-state index >= 15 is 0 Å². The van der Waals surface area contributed by atoms with Crippen LogP contribution in [0.2, 0.25) is 0 Å². The Morgan fingerprint density at radius 3 is 2.78 bits per heavy atom. The molecule has 0 aliphatic rings. The molecule has 1 aromatic carbocycles. The SMILES string of the molecule is CCCOc1ccccc1-c1ncnc(N)c1C. The van der Waals surface area contributed by atoms with E-state index in [-0.39, 0.29) is 0 Å². The molecule has 4 nitrogen and oxygen atoms in total. The van der Waals surface area contributed by atoms with E-state index in [1.54, 1.807) is 0 Å². The van der Waals surface area contributed by atoms with Crippen LogP contribution in [-0.4, -0.2) is 16.6 Å². The number of aromatic nitrogens is 2. The molecule has 1 aromatic heterocycles. The molecule has 2 aromatic rings. The highest BCUT2D eigenvalue weighted by atomic mass is 16.5. The molecular formula is C14H17N3O. The molecule has 0 saturated heterocycles. The third-order valence-corrected chi connectivity index (χ3v) is 2.73. The van der Waals surface area contributed by atoms with Crippen LogP contribution in [0.25, 0.3) is 11.3 Å². The number of hydrogen-bond donors (Lipinski definition) is 1. The largest absolute Gasteiger partial charge is 0.493 e. The zero-order valence-corrected chi connectivity index (χ0v) is 10.7. The minimum absolute atomic E-state index is 0.505. The van der Waals surface area contributed by atoms with Crippen LogP contribution in [0.4, 0.5) is 5.82 Å². The average Bonchev–Trinajstić information content (AvgIpc) is 2.40. The summed E-state index contributed by atoms with van der Waals surface area (Å²) in [5.74, 6) is 1.34. The second-order valence-electron chi connectivity index (χ2n) is 4.08. The van der Waals surface area contributed by atoms with Gasteiger partial charge in [-0.15, -0.1) is 0 Å². The van der Waals surface area contributed by atoms with Crippen LogP contribution < -0.4 is 10.5 Å². The van der Waals surface area contributed by atoms with E-state index in [0.29, 0.717) is 12.4 Å². The van der Waals surface area contributed by atoms with E-state index < -0.39 is 0 Å². The number of nitrogens with two attached hydrogens (primary N) is 1. The third kappa shape index (κ3) is 2.42. The Kier molecular flexibility index (Phi) is 3.77. The maximum Gasteiger partial charge on any atom is 0.130 e. The van der Waals surface area contributed by atoms with Crippen molar-refractivity contribution in [1.29, 1.82) is 0 Å². The van der Waals surface area contributed by atoms with Crippen molar-refractivity contribution in [2.45, 2.75) is 20.3 Å². The fourth-order valence-corrected chi connectivity index (χ4v) is 1.74. The van der Waals surface area contributed by atoms with Gasteiger partial charge < -0.3 is 10.5 Å². The maximum absolute atomic E-state index is 5.82. The van der Waals surface area contributed by atoms with Crippen LogP contribution in [0.3, 0.4) is 0 Å². The standard InChI is InChI=1S/C14H17N3O/c1-3-8-18-12-7-5-4-6-11(12)13-10(2)14(15)17-9-16-13/h4-7,9H,3,8H2,1-2H3,(H2,15,16,17). The van der Waals surface area contributed by atoms with Crippen molar-refractivity contribution in [3.63, 3.8) is 0 Å². The van der Waals surface area contributed by atoms with E-state index in [0.717, 1.165) is 29.0 Å². The zero-order valence-electron chi connectivity index (χ0n) is 10.7. The predicted molar refractivity (Wildman–Crippen MR) is 72.4 cm³/mol. The van der Waals surface area contributed by atoms with Crippen molar-refractivity contribution < 1.29 is 4.74 Å². The predicted octanol–water partition coefficient (Wildman–Crippen LogP) is 2.82. The molecule has 18 heavy (non-hydrogen) atoms. The average molecular weight is 243 g/mol. The van der Waals surface area contributed by atoms with Gasteiger partial charge in [-0.3, -0.25) is 0 Å². The molecule has 0 saturated carbocycles. The van der Waals surface area contributed by atoms with Gasteiger partial charge in [-0.2, -0.15) is 0 Å². The van der Waals surface area contributed by atoms with Crippen LogP contribution in [0.5, 0.6) is 5.75 Å². The van der Waals surface area contributed by atoms with Crippen molar-refractivity contribution in [3.8, 4) is 17.0 Å². The second-order valence-corrected chi connectivity index (χ2v) is 4.08. The molecule has 2 rings (SSSR count). The summed E-state index contributed by atoms with van der Waals surface area (Å²) in [6.45, 7) is 4.69. The van der Waals surface area contributed by atoms with Crippen molar-refractivity contribution in [2.75, 3.05) is 12.3 Å². The Morgan fingerprint density at radius 1 is 1.22 bits per heavy atom. The molecule has 2 N–H and O–H groups in total. The van der Waals surface area contributed by atoms with Gasteiger partial charge >= 0.3 is 0 Å². The van der Waals surface area contributed by atoms with Crippen LogP contribution >= 0.6 is 0 Å². The molecule has 0 atom stereocenters. The quantitative estimate of drug-likeness (QED) is 0.897. The number of rotatable bonds is 4. The van der Waals surface area contributed by atoms with E-state index in [1.165, 1.54) is 6.33 Å². The summed E-state index contributed by atoms with van der Waals surface area (Å²) in [5, 5.41) is 0. The molecule has 94 valence electrons. The minimum Gasteiger partial charge on any atom is -0.493 e. The van der Waals surface area contributed by atoms with Gasteiger partial charge in [0.1, 0.15) is 17.9 Å². The normalized spacial score (nSPS) is 10.3. The van der Waals surface area contributed by atoms with Crippen molar-refractivity contribution in [2.24, 2.45) is 0 Å². The lowest BCUT2D eigenvalue weighted by atomic mass is 10.1. The summed E-state index contributed by atoms with van der Waals surface area (Å²) >= 11 is 0. The molecule has 0 aliphatic carbocycles. The smallest absolute Gasteiger partial charge is 0.130 e. The molecular weight excluding hydrogens is 226 g/mol. The van der Waals surface area contributed by atoms with Crippen LogP contribution in [-0.2, 0) is 0 Å². The van der Waals surface area contributed by atoms with E-state index in [4.69, 9.17) is 10.5 Å². The lowest BCUT2D eigenvalue weighted by molar-refractivity contribution is 0.318. The first kappa shape index (κ1) is 12.4. The van der Waals surface area contributed by atoms with Gasteiger partial charge in [0, 0.05) is 11.1 Å². The van der Waals surface area contributed by atoms with Crippen molar-refractivity contribution >= 4 is 5.82 Å². The zero-order chi connectivity index (χ0) is 13.0. The Hall–Kier alpha value is -2.10. The molecule has 0 unspecified atom stereocenters. The fourth-order valence-electron chi connectivity index (χ4n) is 1.74. The van der Waals surface area contributed by atoms with Gasteiger partial charge in [0.2, 0.25) is 0 Å². The third-order valence-electron chi connectivity index (χ3n) is 2.73. The van der Waals surface area contributed by atoms with E-state index in [9.17, 15) is 0 Å². The lowest BCUT2D eigenvalue weighted by Crippen LogP contribution is -2.01. The molecule has 0 radical (unpaired) electrons. The number of ether oxygens (including phenoxy) is 1. The Labute approximate surface area is 107 Å². The summed E-state index contributed by atoms with van der Waals surface area (Å²) in [5.41, 5.74) is 8.48. The van der Waals surface area contributed by atoms with Crippen LogP contribution in [0.15, 0.2) is 30.6 Å². The Bertz CT molecular complexity index is 540. The Balaban J connectivity index is 2.46. The highest BCUT2D eigenvalue weighted by Crippen LogP contribution is 2.31. The monoisotopic (exact) mass is 243 g/mol. The maximum atomic E-state index is 5.82. The second kappa shape index (κ2) is 5.49. The highest BCUT2D eigenvalue weighted by Gasteiger charge is 2.11. The van der Waals surface area contributed by atoms with E-state index in [2.05, 4.69) is 16.9 Å². The van der Waals surface area contributed by atoms with Crippen molar-refractivity contribution in [1.82, 2.24) is 9.97 Å². The fraction of sp³-hybridized carbons (Fsp3) is 0.286. The van der Waals surface area contributed by atoms with Crippen LogP contribution in [0, 0.1) is 6.92 Å². The van der Waals surface area contributed by atoms with Gasteiger partial charge in [0.15, 0.2) is 0 Å². The Morgan fingerprint density at radius 2 is 2.00 bits per heavy atom. The first-order valence-electron chi connectivity index (χ1n) is 6.03. The number of anilines is 1. The number of nitrogens with zero attached hydrogens (tertiary/aromatic N) is 2. The molecule has 0 bridgehead atoms. The summed E-state index contributed by atoms with van der Waals surface area (Å²) in [7, 11) is 0. The molecule has 0 spiro atoms. The number of hydrogen-bond acceptors (Lipinski definition) is 4. The number of para-hydroxylation sites is 1. The molecule has 0 amide bonds. The molecule has 0 aliphatic heterocycles. The lowest BCUT2D eigenvalue weighted by Gasteiger charge is -2.12. The van der Waals surface area contributed by atoms with Gasteiger partial charge in [0.25, 0.3) is 0 Å². The van der Waals surface area contributed by atoms with Gasteiger partial charge in [-0.1, -0.05) is 19.1 Å². The van der Waals surface area contributed by atoms with Gasteiger partial charge in [-0.05, 0) is 25.5 Å². The van der Waals surface area contributed by atoms with Gasteiger partial charge in [0.05, 0.1) is 12.3 Å². The first-order chi connectivity index (χ1) is 8.74. The molecule has 1 heterocycles. The highest BCUT2D eigenvalue weighted by molar-refractivity contribution is 5.72. The number of nitrogen functional groups attached to an aromatic ring is 1. The summed E-state index contributed by atoms with van der Waals surface area (Å²) in [6.07, 6.45) is 2.45. The summed E-state index contributed by atoms with van der Waals surface area (Å²) in [6, 6.07) is 7.85. The molecule has 0 fully saturated rings. The topological polar surface area (TPSA) is 61.0 Å². The number of benzene rings is 1.